The van der Waals surface area contributed by atoms with Crippen molar-refractivity contribution < 1.29 is 0 Å². The molecule has 30 heavy (non-hydrogen) atoms. The lowest BCUT2D eigenvalue weighted by Gasteiger charge is -2.26. The van der Waals surface area contributed by atoms with Crippen molar-refractivity contribution in [2.75, 3.05) is 0 Å². The minimum absolute atomic E-state index is 0.0636. The molecule has 5 rings (SSSR count). The maximum Gasteiger partial charge on any atom is 0.0763 e. The maximum absolute atomic E-state index is 6.63. The van der Waals surface area contributed by atoms with Crippen LogP contribution in [0.2, 0.25) is 5.02 Å². The zero-order valence-corrected chi connectivity index (χ0v) is 18.1. The number of rotatable bonds is 4. The number of hydrogen-bond acceptors (Lipinski definition) is 4. The van der Waals surface area contributed by atoms with Crippen molar-refractivity contribution in [3.63, 3.8) is 0 Å². The van der Waals surface area contributed by atoms with Gasteiger partial charge < -0.3 is 9.99 Å². The Bertz CT molecular complexity index is 1290. The lowest BCUT2D eigenvalue weighted by Crippen LogP contribution is -2.32. The monoisotopic (exact) mass is 417 g/mol. The van der Waals surface area contributed by atoms with E-state index in [9.17, 15) is 0 Å². The number of aromatic nitrogens is 3. The molecule has 1 atom stereocenters. The SMILES string of the molecule is CCn1c2c(C3C=CNN3Cc3cccnc3C)cc(Cl)cc2c2ccnc(C)c21. The van der Waals surface area contributed by atoms with Crippen molar-refractivity contribution in [3.8, 4) is 0 Å². The highest BCUT2D eigenvalue weighted by Gasteiger charge is 2.27. The van der Waals surface area contributed by atoms with Crippen molar-refractivity contribution in [1.29, 1.82) is 0 Å². The first-order valence-electron chi connectivity index (χ1n) is 10.3. The molecule has 5 nitrogen and oxygen atoms in total. The smallest absolute Gasteiger partial charge is 0.0763 e. The molecule has 3 aromatic heterocycles. The largest absolute Gasteiger partial charge is 0.339 e. The highest BCUT2D eigenvalue weighted by Crippen LogP contribution is 2.39. The third kappa shape index (κ3) is 2.97. The van der Waals surface area contributed by atoms with E-state index in [-0.39, 0.29) is 6.04 Å². The quantitative estimate of drug-likeness (QED) is 0.479. The number of hydrazine groups is 1. The molecule has 4 aromatic rings. The lowest BCUT2D eigenvalue weighted by molar-refractivity contribution is 0.192. The Morgan fingerprint density at radius 2 is 1.87 bits per heavy atom. The van der Waals surface area contributed by atoms with Gasteiger partial charge in [-0.3, -0.25) is 9.97 Å². The molecule has 0 bridgehead atoms. The first kappa shape index (κ1) is 19.1. The predicted molar refractivity (Wildman–Crippen MR) is 122 cm³/mol. The molecule has 4 heterocycles. The molecule has 0 radical (unpaired) electrons. The van der Waals surface area contributed by atoms with Gasteiger partial charge in [0.25, 0.3) is 0 Å². The van der Waals surface area contributed by atoms with Gasteiger partial charge in [0.15, 0.2) is 0 Å². The van der Waals surface area contributed by atoms with Crippen LogP contribution in [-0.2, 0) is 13.1 Å². The van der Waals surface area contributed by atoms with Crippen LogP contribution in [0.5, 0.6) is 0 Å². The van der Waals surface area contributed by atoms with Crippen LogP contribution in [0.25, 0.3) is 21.8 Å². The maximum atomic E-state index is 6.63. The van der Waals surface area contributed by atoms with Gasteiger partial charge in [0, 0.05) is 58.7 Å². The Balaban J connectivity index is 1.70. The van der Waals surface area contributed by atoms with Gasteiger partial charge in [0.1, 0.15) is 0 Å². The number of aryl methyl sites for hydroxylation is 3. The Morgan fingerprint density at radius 3 is 2.67 bits per heavy atom. The third-order valence-corrected chi connectivity index (χ3v) is 6.21. The molecule has 1 unspecified atom stereocenters. The molecule has 0 saturated heterocycles. The molecule has 0 amide bonds. The summed E-state index contributed by atoms with van der Waals surface area (Å²) in [6.45, 7) is 7.92. The van der Waals surface area contributed by atoms with Gasteiger partial charge >= 0.3 is 0 Å². The molecule has 0 fully saturated rings. The van der Waals surface area contributed by atoms with Crippen molar-refractivity contribution in [1.82, 2.24) is 25.0 Å². The standard InChI is InChI=1S/C24H24ClN5/c1-4-29-23-16(3)27-10-7-19(23)20-12-18(25)13-21(24(20)29)22-8-11-28-30(22)14-17-6-5-9-26-15(17)2/h5-13,22,28H,4,14H2,1-3H3. The Morgan fingerprint density at radius 1 is 1.03 bits per heavy atom. The van der Waals surface area contributed by atoms with Crippen LogP contribution in [0.1, 0.15) is 35.5 Å². The van der Waals surface area contributed by atoms with Crippen LogP contribution >= 0.6 is 11.6 Å². The number of benzene rings is 1. The minimum atomic E-state index is 0.0636. The molecule has 0 spiro atoms. The second-order valence-electron chi connectivity index (χ2n) is 7.74. The number of fused-ring (bicyclic) bond motifs is 3. The van der Waals surface area contributed by atoms with Crippen LogP contribution < -0.4 is 5.43 Å². The van der Waals surface area contributed by atoms with Crippen LogP contribution in [0.3, 0.4) is 0 Å². The summed E-state index contributed by atoms with van der Waals surface area (Å²) in [5.74, 6) is 0. The van der Waals surface area contributed by atoms with Crippen LogP contribution in [0.4, 0.5) is 0 Å². The number of nitrogens with zero attached hydrogens (tertiary/aromatic N) is 4. The van der Waals surface area contributed by atoms with Crippen molar-refractivity contribution in [2.24, 2.45) is 0 Å². The predicted octanol–water partition coefficient (Wildman–Crippen LogP) is 5.45. The molecule has 6 heteroatoms. The zero-order valence-electron chi connectivity index (χ0n) is 17.4. The first-order valence-corrected chi connectivity index (χ1v) is 10.6. The second-order valence-corrected chi connectivity index (χ2v) is 8.17. The highest BCUT2D eigenvalue weighted by atomic mass is 35.5. The fourth-order valence-corrected chi connectivity index (χ4v) is 4.82. The number of nitrogens with one attached hydrogen (secondary N) is 1. The average molecular weight is 418 g/mol. The average Bonchev–Trinajstić information content (AvgIpc) is 3.32. The fourth-order valence-electron chi connectivity index (χ4n) is 4.59. The summed E-state index contributed by atoms with van der Waals surface area (Å²) in [4.78, 5) is 8.99. The van der Waals surface area contributed by atoms with Crippen molar-refractivity contribution in [2.45, 2.75) is 39.9 Å². The van der Waals surface area contributed by atoms with Crippen LogP contribution in [0.15, 0.2) is 55.0 Å². The van der Waals surface area contributed by atoms with E-state index in [2.05, 4.69) is 76.1 Å². The molecule has 1 N–H and O–H groups in total. The van der Waals surface area contributed by atoms with E-state index in [0.717, 1.165) is 29.5 Å². The summed E-state index contributed by atoms with van der Waals surface area (Å²) in [7, 11) is 0. The highest BCUT2D eigenvalue weighted by molar-refractivity contribution is 6.32. The van der Waals surface area contributed by atoms with Gasteiger partial charge in [0.2, 0.25) is 0 Å². The number of hydrogen-bond donors (Lipinski definition) is 1. The van der Waals surface area contributed by atoms with E-state index in [0.29, 0.717) is 0 Å². The van der Waals surface area contributed by atoms with E-state index in [1.807, 2.05) is 24.7 Å². The van der Waals surface area contributed by atoms with E-state index in [1.165, 1.54) is 32.9 Å². The zero-order chi connectivity index (χ0) is 20.8. The molecule has 1 aromatic carbocycles. The summed E-state index contributed by atoms with van der Waals surface area (Å²) in [5.41, 5.74) is 10.3. The number of pyridine rings is 2. The third-order valence-electron chi connectivity index (χ3n) is 5.99. The Hall–Kier alpha value is -2.89. The van der Waals surface area contributed by atoms with Crippen LogP contribution in [-0.4, -0.2) is 19.5 Å². The van der Waals surface area contributed by atoms with Crippen molar-refractivity contribution in [3.05, 3.63) is 82.5 Å². The summed E-state index contributed by atoms with van der Waals surface area (Å²) < 4.78 is 2.37. The van der Waals surface area contributed by atoms with E-state index < -0.39 is 0 Å². The van der Waals surface area contributed by atoms with Gasteiger partial charge in [0.05, 0.1) is 22.8 Å². The van der Waals surface area contributed by atoms with Crippen LogP contribution in [0, 0.1) is 13.8 Å². The number of halogens is 1. The fraction of sp³-hybridized carbons (Fsp3) is 0.250. The van der Waals surface area contributed by atoms with Gasteiger partial charge in [-0.05, 0) is 56.7 Å². The Kier molecular flexibility index (Phi) is 4.72. The molecule has 0 saturated carbocycles. The van der Waals surface area contributed by atoms with Crippen molar-refractivity contribution >= 4 is 33.4 Å². The molecule has 1 aliphatic heterocycles. The van der Waals surface area contributed by atoms with E-state index in [1.54, 1.807) is 0 Å². The second kappa shape index (κ2) is 7.42. The molecule has 1 aliphatic rings. The first-order chi connectivity index (χ1) is 14.6. The van der Waals surface area contributed by atoms with E-state index in [4.69, 9.17) is 11.6 Å². The molecule has 152 valence electrons. The topological polar surface area (TPSA) is 46.0 Å². The van der Waals surface area contributed by atoms with Gasteiger partial charge in [-0.15, -0.1) is 0 Å². The summed E-state index contributed by atoms with van der Waals surface area (Å²) in [6.07, 6.45) is 7.92. The molecular formula is C24H24ClN5. The normalized spacial score (nSPS) is 16.6. The molecule has 0 aliphatic carbocycles. The molecular weight excluding hydrogens is 394 g/mol. The van der Waals surface area contributed by atoms with Gasteiger partial charge in [-0.1, -0.05) is 17.7 Å². The summed E-state index contributed by atoms with van der Waals surface area (Å²) in [5, 5.41) is 5.36. The van der Waals surface area contributed by atoms with E-state index >= 15 is 0 Å². The van der Waals surface area contributed by atoms with Gasteiger partial charge in [-0.25, -0.2) is 5.01 Å². The lowest BCUT2D eigenvalue weighted by atomic mass is 10.0. The summed E-state index contributed by atoms with van der Waals surface area (Å²) >= 11 is 6.63. The minimum Gasteiger partial charge on any atom is -0.339 e. The Labute approximate surface area is 181 Å². The summed E-state index contributed by atoms with van der Waals surface area (Å²) in [6, 6.07) is 10.5. The van der Waals surface area contributed by atoms with Gasteiger partial charge in [-0.2, -0.15) is 0 Å².